The number of nitrogens with zero attached hydrogens (tertiary/aromatic N) is 3. The standard InChI is InChI=1S/C10H10N4O3S/c15-9(11-4-7-2-1-3-18-7)6-14-5-8(10(16)17)12-13-14/h1-3,5H,4,6H2,(H,11,15)(H,16,17). The van der Waals surface area contributed by atoms with Crippen molar-refractivity contribution in [3.8, 4) is 0 Å². The lowest BCUT2D eigenvalue weighted by Crippen LogP contribution is -2.27. The summed E-state index contributed by atoms with van der Waals surface area (Å²) in [5, 5.41) is 20.2. The molecule has 18 heavy (non-hydrogen) atoms. The van der Waals surface area contributed by atoms with E-state index in [1.807, 2.05) is 17.5 Å². The Balaban J connectivity index is 1.85. The zero-order valence-electron chi connectivity index (χ0n) is 9.24. The van der Waals surface area contributed by atoms with E-state index >= 15 is 0 Å². The minimum atomic E-state index is -1.17. The first-order valence-corrected chi connectivity index (χ1v) is 5.95. The second-order valence-electron chi connectivity index (χ2n) is 3.46. The van der Waals surface area contributed by atoms with Crippen molar-refractivity contribution in [3.05, 3.63) is 34.3 Å². The predicted molar refractivity (Wildman–Crippen MR) is 63.1 cm³/mol. The van der Waals surface area contributed by atoms with E-state index in [1.54, 1.807) is 11.3 Å². The molecule has 0 bridgehead atoms. The number of carboxylic acids is 1. The normalized spacial score (nSPS) is 10.2. The number of thiophene rings is 1. The van der Waals surface area contributed by atoms with Gasteiger partial charge in [0.15, 0.2) is 5.69 Å². The highest BCUT2D eigenvalue weighted by atomic mass is 32.1. The first-order chi connectivity index (χ1) is 8.65. The lowest BCUT2D eigenvalue weighted by atomic mass is 10.4. The molecule has 0 saturated carbocycles. The minimum Gasteiger partial charge on any atom is -0.476 e. The summed E-state index contributed by atoms with van der Waals surface area (Å²) in [6.45, 7) is 0.405. The molecule has 0 atom stereocenters. The summed E-state index contributed by atoms with van der Waals surface area (Å²) in [6.07, 6.45) is 1.22. The number of hydrogen-bond acceptors (Lipinski definition) is 5. The largest absolute Gasteiger partial charge is 0.476 e. The van der Waals surface area contributed by atoms with Gasteiger partial charge < -0.3 is 10.4 Å². The van der Waals surface area contributed by atoms with Gasteiger partial charge >= 0.3 is 5.97 Å². The molecule has 2 aromatic heterocycles. The molecule has 7 nitrogen and oxygen atoms in total. The Morgan fingerprint density at radius 1 is 1.50 bits per heavy atom. The fourth-order valence-electron chi connectivity index (χ4n) is 1.28. The van der Waals surface area contributed by atoms with Crippen molar-refractivity contribution >= 4 is 23.2 Å². The second-order valence-corrected chi connectivity index (χ2v) is 4.49. The molecule has 2 heterocycles. The number of rotatable bonds is 5. The highest BCUT2D eigenvalue weighted by molar-refractivity contribution is 7.09. The van der Waals surface area contributed by atoms with Gasteiger partial charge in [-0.15, -0.1) is 16.4 Å². The highest BCUT2D eigenvalue weighted by Crippen LogP contribution is 2.07. The smallest absolute Gasteiger partial charge is 0.358 e. The van der Waals surface area contributed by atoms with Gasteiger partial charge in [0.25, 0.3) is 0 Å². The van der Waals surface area contributed by atoms with Gasteiger partial charge in [-0.05, 0) is 11.4 Å². The maximum Gasteiger partial charge on any atom is 0.358 e. The third-order valence-corrected chi connectivity index (χ3v) is 2.98. The van der Waals surface area contributed by atoms with Crippen LogP contribution in [0, 0.1) is 0 Å². The molecule has 2 rings (SSSR count). The molecule has 2 aromatic rings. The number of hydrogen-bond donors (Lipinski definition) is 2. The molecule has 0 aliphatic heterocycles. The third-order valence-electron chi connectivity index (χ3n) is 2.10. The quantitative estimate of drug-likeness (QED) is 0.814. The highest BCUT2D eigenvalue weighted by Gasteiger charge is 2.10. The van der Waals surface area contributed by atoms with E-state index in [1.165, 1.54) is 10.9 Å². The van der Waals surface area contributed by atoms with E-state index < -0.39 is 5.97 Å². The summed E-state index contributed by atoms with van der Waals surface area (Å²) in [6, 6.07) is 3.83. The van der Waals surface area contributed by atoms with Gasteiger partial charge in [0.1, 0.15) is 6.54 Å². The zero-order chi connectivity index (χ0) is 13.0. The zero-order valence-corrected chi connectivity index (χ0v) is 10.1. The number of carbonyl (C=O) groups excluding carboxylic acids is 1. The maximum atomic E-state index is 11.5. The van der Waals surface area contributed by atoms with Crippen molar-refractivity contribution in [2.75, 3.05) is 0 Å². The lowest BCUT2D eigenvalue weighted by Gasteiger charge is -2.02. The summed E-state index contributed by atoms with van der Waals surface area (Å²) in [4.78, 5) is 23.2. The number of nitrogens with one attached hydrogen (secondary N) is 1. The van der Waals surface area contributed by atoms with Crippen LogP contribution in [0.2, 0.25) is 0 Å². The molecule has 8 heteroatoms. The molecule has 1 amide bonds. The molecule has 0 aliphatic carbocycles. The van der Waals surface area contributed by atoms with Crippen LogP contribution in [0.25, 0.3) is 0 Å². The molecule has 0 radical (unpaired) electrons. The summed E-state index contributed by atoms with van der Waals surface area (Å²) in [5.74, 6) is -1.41. The minimum absolute atomic E-state index is 0.0499. The van der Waals surface area contributed by atoms with Gasteiger partial charge in [-0.3, -0.25) is 4.79 Å². The summed E-state index contributed by atoms with van der Waals surface area (Å²) >= 11 is 1.55. The molecule has 0 fully saturated rings. The topological polar surface area (TPSA) is 97.1 Å². The summed E-state index contributed by atoms with van der Waals surface area (Å²) in [5.41, 5.74) is -0.180. The van der Waals surface area contributed by atoms with Crippen molar-refractivity contribution in [1.82, 2.24) is 20.3 Å². The molecule has 2 N–H and O–H groups in total. The molecule has 0 spiro atoms. The van der Waals surface area contributed by atoms with Crippen LogP contribution in [0.15, 0.2) is 23.7 Å². The van der Waals surface area contributed by atoms with Crippen LogP contribution in [0.3, 0.4) is 0 Å². The molecule has 0 aliphatic rings. The monoisotopic (exact) mass is 266 g/mol. The van der Waals surface area contributed by atoms with E-state index in [2.05, 4.69) is 15.6 Å². The van der Waals surface area contributed by atoms with Crippen molar-refractivity contribution in [2.45, 2.75) is 13.1 Å². The fourth-order valence-corrected chi connectivity index (χ4v) is 1.92. The lowest BCUT2D eigenvalue weighted by molar-refractivity contribution is -0.122. The average molecular weight is 266 g/mol. The summed E-state index contributed by atoms with van der Waals surface area (Å²) in [7, 11) is 0. The number of aromatic nitrogens is 3. The van der Waals surface area contributed by atoms with Crippen molar-refractivity contribution in [1.29, 1.82) is 0 Å². The SMILES string of the molecule is O=C(Cn1cc(C(=O)O)nn1)NCc1cccs1. The van der Waals surface area contributed by atoms with Crippen LogP contribution in [-0.2, 0) is 17.9 Å². The van der Waals surface area contributed by atoms with Crippen LogP contribution in [-0.4, -0.2) is 32.0 Å². The number of aromatic carboxylic acids is 1. The van der Waals surface area contributed by atoms with Crippen LogP contribution < -0.4 is 5.32 Å². The fraction of sp³-hybridized carbons (Fsp3) is 0.200. The molecule has 0 unspecified atom stereocenters. The van der Waals surface area contributed by atoms with Gasteiger partial charge in [-0.25, -0.2) is 9.48 Å². The van der Waals surface area contributed by atoms with Crippen LogP contribution >= 0.6 is 11.3 Å². The van der Waals surface area contributed by atoms with Gasteiger partial charge in [0.05, 0.1) is 12.7 Å². The number of amides is 1. The van der Waals surface area contributed by atoms with Crippen LogP contribution in [0.4, 0.5) is 0 Å². The van der Waals surface area contributed by atoms with Gasteiger partial charge in [-0.1, -0.05) is 11.3 Å². The average Bonchev–Trinajstić information content (AvgIpc) is 2.96. The van der Waals surface area contributed by atoms with E-state index in [0.717, 1.165) is 4.88 Å². The molecular weight excluding hydrogens is 256 g/mol. The van der Waals surface area contributed by atoms with E-state index in [9.17, 15) is 9.59 Å². The van der Waals surface area contributed by atoms with Gasteiger partial charge in [-0.2, -0.15) is 0 Å². The van der Waals surface area contributed by atoms with E-state index in [-0.39, 0.29) is 18.1 Å². The molecule has 0 saturated heterocycles. The maximum absolute atomic E-state index is 11.5. The second kappa shape index (κ2) is 5.41. The Kier molecular flexibility index (Phi) is 3.68. The Bertz CT molecular complexity index is 549. The third kappa shape index (κ3) is 3.14. The van der Waals surface area contributed by atoms with Crippen molar-refractivity contribution in [2.24, 2.45) is 0 Å². The van der Waals surface area contributed by atoms with E-state index in [0.29, 0.717) is 6.54 Å². The van der Waals surface area contributed by atoms with Crippen molar-refractivity contribution < 1.29 is 14.7 Å². The molecule has 94 valence electrons. The first kappa shape index (κ1) is 12.2. The Morgan fingerprint density at radius 2 is 2.33 bits per heavy atom. The van der Waals surface area contributed by atoms with Gasteiger partial charge in [0, 0.05) is 4.88 Å². The summed E-state index contributed by atoms with van der Waals surface area (Å²) < 4.78 is 1.19. The van der Waals surface area contributed by atoms with Crippen LogP contribution in [0.5, 0.6) is 0 Å². The van der Waals surface area contributed by atoms with Gasteiger partial charge in [0.2, 0.25) is 5.91 Å². The Labute approximate surface area is 106 Å². The Morgan fingerprint density at radius 3 is 2.94 bits per heavy atom. The van der Waals surface area contributed by atoms with Crippen molar-refractivity contribution in [3.63, 3.8) is 0 Å². The predicted octanol–water partition coefficient (Wildman–Crippen LogP) is 0.354. The molecule has 0 aromatic carbocycles. The Hall–Kier alpha value is -2.22. The first-order valence-electron chi connectivity index (χ1n) is 5.07. The number of carboxylic acid groups (broad SMARTS) is 1. The number of carbonyl (C=O) groups is 2. The van der Waals surface area contributed by atoms with Crippen LogP contribution in [0.1, 0.15) is 15.4 Å². The van der Waals surface area contributed by atoms with E-state index in [4.69, 9.17) is 5.11 Å². The molecular formula is C10H10N4O3S.